The molecular weight excluding hydrogens is 336 g/mol. The summed E-state index contributed by atoms with van der Waals surface area (Å²) in [6.07, 6.45) is -3.47. The number of fused-ring (bicyclic) bond motifs is 1. The average molecular weight is 358 g/mol. The first-order valence-electron chi connectivity index (χ1n) is 7.97. The molecule has 1 saturated heterocycles. The van der Waals surface area contributed by atoms with E-state index in [0.29, 0.717) is 6.42 Å². The van der Waals surface area contributed by atoms with Gasteiger partial charge in [0, 0.05) is 40.5 Å². The Morgan fingerprint density at radius 3 is 1.92 bits per heavy atom. The molecule has 2 aliphatic rings. The van der Waals surface area contributed by atoms with E-state index in [0.717, 1.165) is 0 Å². The van der Waals surface area contributed by atoms with Gasteiger partial charge in [-0.05, 0) is 0 Å². The first-order chi connectivity index (χ1) is 11.6. The Hall–Kier alpha value is -2.16. The molecule has 2 fully saturated rings. The maximum absolute atomic E-state index is 11.6. The van der Waals surface area contributed by atoms with E-state index in [-0.39, 0.29) is 13.0 Å². The minimum Gasteiger partial charge on any atom is -0.458 e. The average Bonchev–Trinajstić information content (AvgIpc) is 2.83. The first-order valence-corrected chi connectivity index (χ1v) is 7.97. The number of ether oxygens (including phenoxy) is 5. The first kappa shape index (κ1) is 19.2. The van der Waals surface area contributed by atoms with Crippen molar-refractivity contribution in [2.75, 3.05) is 6.61 Å². The van der Waals surface area contributed by atoms with Crippen molar-refractivity contribution in [2.45, 2.75) is 70.6 Å². The molecule has 1 aliphatic heterocycles. The molecule has 0 bridgehead atoms. The van der Waals surface area contributed by atoms with Crippen LogP contribution in [0.5, 0.6) is 0 Å². The predicted octanol–water partition coefficient (Wildman–Crippen LogP) is 0.276. The lowest BCUT2D eigenvalue weighted by Gasteiger charge is -2.47. The molecule has 2 rings (SSSR count). The fourth-order valence-electron chi connectivity index (χ4n) is 3.52. The van der Waals surface area contributed by atoms with Gasteiger partial charge in [0.25, 0.3) is 0 Å². The second-order valence-electron chi connectivity index (χ2n) is 6.20. The van der Waals surface area contributed by atoms with Crippen LogP contribution in [0.2, 0.25) is 0 Å². The highest BCUT2D eigenvalue weighted by Gasteiger charge is 2.62. The van der Waals surface area contributed by atoms with E-state index in [1.165, 1.54) is 27.7 Å². The van der Waals surface area contributed by atoms with Gasteiger partial charge in [0.1, 0.15) is 17.8 Å². The third kappa shape index (κ3) is 4.28. The van der Waals surface area contributed by atoms with Crippen molar-refractivity contribution in [1.29, 1.82) is 0 Å². The molecule has 1 saturated carbocycles. The fraction of sp³-hybridized carbons (Fsp3) is 0.750. The Labute approximate surface area is 144 Å². The van der Waals surface area contributed by atoms with Crippen LogP contribution in [0.15, 0.2) is 0 Å². The number of hydrogen-bond acceptors (Lipinski definition) is 9. The summed E-state index contributed by atoms with van der Waals surface area (Å²) < 4.78 is 27.0. The summed E-state index contributed by atoms with van der Waals surface area (Å²) in [4.78, 5) is 46.1. The third-order valence-electron chi connectivity index (χ3n) is 4.14. The molecule has 3 unspecified atom stereocenters. The number of carbonyl (C=O) groups is 4. The van der Waals surface area contributed by atoms with Gasteiger partial charge >= 0.3 is 23.9 Å². The molecule has 0 aromatic rings. The van der Waals surface area contributed by atoms with Gasteiger partial charge in [0.05, 0.1) is 6.61 Å². The van der Waals surface area contributed by atoms with Crippen LogP contribution in [0, 0.1) is 0 Å². The Morgan fingerprint density at radius 2 is 1.40 bits per heavy atom. The second kappa shape index (κ2) is 7.38. The lowest BCUT2D eigenvalue weighted by Crippen LogP contribution is -2.64. The Morgan fingerprint density at radius 1 is 0.840 bits per heavy atom. The summed E-state index contributed by atoms with van der Waals surface area (Å²) in [6.45, 7) is 5.11. The van der Waals surface area contributed by atoms with Crippen molar-refractivity contribution in [3.63, 3.8) is 0 Å². The van der Waals surface area contributed by atoms with Crippen LogP contribution >= 0.6 is 0 Å². The van der Waals surface area contributed by atoms with Gasteiger partial charge in [-0.25, -0.2) is 0 Å². The molecule has 25 heavy (non-hydrogen) atoms. The standard InChI is InChI=1S/C16H22O9/c1-8(17)22-12-7-16(25-11(4)20)5-6-21-15(16)14(24-10(3)19)13(12)23-9(2)18/h12-15H,5-7H2,1-4H3/t12?,13-,14?,15?,16+/m0/s1. The normalized spacial score (nSPS) is 33.8. The Bertz CT molecular complexity index is 572. The quantitative estimate of drug-likeness (QED) is 0.516. The molecule has 0 aromatic heterocycles. The highest BCUT2D eigenvalue weighted by atomic mass is 16.6. The number of esters is 4. The maximum Gasteiger partial charge on any atom is 0.303 e. The molecule has 0 amide bonds. The highest BCUT2D eigenvalue weighted by molar-refractivity contribution is 5.69. The molecule has 0 aromatic carbocycles. The molecular formula is C16H22O9. The summed E-state index contributed by atoms with van der Waals surface area (Å²) in [5.41, 5.74) is -1.12. The summed E-state index contributed by atoms with van der Waals surface area (Å²) in [6, 6.07) is 0. The van der Waals surface area contributed by atoms with E-state index in [1.54, 1.807) is 0 Å². The van der Waals surface area contributed by atoms with Gasteiger partial charge < -0.3 is 23.7 Å². The van der Waals surface area contributed by atoms with Gasteiger partial charge in [-0.15, -0.1) is 0 Å². The highest BCUT2D eigenvalue weighted by Crippen LogP contribution is 2.44. The zero-order chi connectivity index (χ0) is 18.8. The van der Waals surface area contributed by atoms with Crippen LogP contribution in [0.4, 0.5) is 0 Å². The lowest BCUT2D eigenvalue weighted by molar-refractivity contribution is -0.237. The monoisotopic (exact) mass is 358 g/mol. The summed E-state index contributed by atoms with van der Waals surface area (Å²) >= 11 is 0. The lowest BCUT2D eigenvalue weighted by atomic mass is 9.76. The van der Waals surface area contributed by atoms with Crippen LogP contribution in [0.1, 0.15) is 40.5 Å². The molecule has 1 aliphatic carbocycles. The number of rotatable bonds is 4. The van der Waals surface area contributed by atoms with E-state index in [4.69, 9.17) is 23.7 Å². The van der Waals surface area contributed by atoms with Crippen molar-refractivity contribution in [3.05, 3.63) is 0 Å². The smallest absolute Gasteiger partial charge is 0.303 e. The molecule has 140 valence electrons. The molecule has 0 spiro atoms. The van der Waals surface area contributed by atoms with Gasteiger partial charge in [-0.3, -0.25) is 19.2 Å². The van der Waals surface area contributed by atoms with E-state index < -0.39 is 53.9 Å². The zero-order valence-corrected chi connectivity index (χ0v) is 14.6. The van der Waals surface area contributed by atoms with Gasteiger partial charge in [0.15, 0.2) is 12.2 Å². The van der Waals surface area contributed by atoms with E-state index in [9.17, 15) is 19.2 Å². The minimum atomic E-state index is -1.12. The van der Waals surface area contributed by atoms with E-state index in [2.05, 4.69) is 0 Å². The van der Waals surface area contributed by atoms with E-state index >= 15 is 0 Å². The fourth-order valence-corrected chi connectivity index (χ4v) is 3.52. The van der Waals surface area contributed by atoms with Crippen LogP contribution in [0.3, 0.4) is 0 Å². The Kier molecular flexibility index (Phi) is 5.66. The van der Waals surface area contributed by atoms with Crippen LogP contribution in [-0.4, -0.2) is 60.5 Å². The van der Waals surface area contributed by atoms with Crippen LogP contribution in [0.25, 0.3) is 0 Å². The summed E-state index contributed by atoms with van der Waals surface area (Å²) in [7, 11) is 0. The molecule has 5 atom stereocenters. The van der Waals surface area contributed by atoms with Gasteiger partial charge in [-0.1, -0.05) is 0 Å². The predicted molar refractivity (Wildman–Crippen MR) is 80.1 cm³/mol. The molecule has 0 radical (unpaired) electrons. The molecule has 9 heteroatoms. The van der Waals surface area contributed by atoms with Crippen molar-refractivity contribution in [2.24, 2.45) is 0 Å². The van der Waals surface area contributed by atoms with Crippen LogP contribution in [-0.2, 0) is 42.9 Å². The van der Waals surface area contributed by atoms with Crippen molar-refractivity contribution in [3.8, 4) is 0 Å². The number of hydrogen-bond donors (Lipinski definition) is 0. The summed E-state index contributed by atoms with van der Waals surface area (Å²) in [5, 5.41) is 0. The second-order valence-corrected chi connectivity index (χ2v) is 6.20. The topological polar surface area (TPSA) is 114 Å². The van der Waals surface area contributed by atoms with Crippen molar-refractivity contribution in [1.82, 2.24) is 0 Å². The largest absolute Gasteiger partial charge is 0.458 e. The SMILES string of the molecule is CC(=O)OC1C[C@]2(OC(C)=O)CCOC2C(OC(C)=O)[C@H]1OC(C)=O. The van der Waals surface area contributed by atoms with E-state index in [1.807, 2.05) is 0 Å². The molecule has 1 heterocycles. The van der Waals surface area contributed by atoms with Gasteiger partial charge in [-0.2, -0.15) is 0 Å². The maximum atomic E-state index is 11.6. The van der Waals surface area contributed by atoms with Crippen molar-refractivity contribution < 1.29 is 42.9 Å². The number of carbonyl (C=O) groups excluding carboxylic acids is 4. The van der Waals surface area contributed by atoms with Crippen LogP contribution < -0.4 is 0 Å². The summed E-state index contributed by atoms with van der Waals surface area (Å²) in [5.74, 6) is -2.39. The Balaban J connectivity index is 2.43. The zero-order valence-electron chi connectivity index (χ0n) is 14.6. The minimum absolute atomic E-state index is 0.0759. The van der Waals surface area contributed by atoms with Gasteiger partial charge in [0.2, 0.25) is 0 Å². The van der Waals surface area contributed by atoms with Crippen molar-refractivity contribution >= 4 is 23.9 Å². The molecule has 9 nitrogen and oxygen atoms in total. The third-order valence-corrected chi connectivity index (χ3v) is 4.14. The molecule has 0 N–H and O–H groups in total.